The Kier molecular flexibility index (Phi) is 9.87. The van der Waals surface area contributed by atoms with E-state index in [1.807, 2.05) is 35.2 Å². The maximum absolute atomic E-state index is 12.6. The van der Waals surface area contributed by atoms with Crippen molar-refractivity contribution in [2.45, 2.75) is 37.5 Å². The van der Waals surface area contributed by atoms with E-state index in [0.29, 0.717) is 31.7 Å². The number of hydrogen-bond acceptors (Lipinski definition) is 4. The molecule has 0 saturated carbocycles. The van der Waals surface area contributed by atoms with Crippen LogP contribution < -0.4 is 16.0 Å². The molecular weight excluding hydrogens is 440 g/mol. The van der Waals surface area contributed by atoms with Crippen LogP contribution in [0.3, 0.4) is 0 Å². The van der Waals surface area contributed by atoms with Gasteiger partial charge in [-0.1, -0.05) is 30.3 Å². The van der Waals surface area contributed by atoms with Crippen molar-refractivity contribution in [3.05, 3.63) is 59.8 Å². The number of aromatic nitrogens is 1. The van der Waals surface area contributed by atoms with E-state index in [2.05, 4.69) is 10.3 Å². The summed E-state index contributed by atoms with van der Waals surface area (Å²) in [6, 6.07) is 11.6. The van der Waals surface area contributed by atoms with E-state index in [4.69, 9.17) is 5.73 Å². The molecule has 30 heavy (non-hydrogen) atoms. The molecule has 0 radical (unpaired) electrons. The van der Waals surface area contributed by atoms with Crippen LogP contribution in [0.1, 0.15) is 36.4 Å². The molecule has 1 atom stereocenters. The lowest BCUT2D eigenvalue weighted by Gasteiger charge is -2.33. The minimum Gasteiger partial charge on any atom is -0.356 e. The average molecular weight is 465 g/mol. The Hall–Kier alpha value is -2.03. The van der Waals surface area contributed by atoms with Crippen LogP contribution in [0.5, 0.6) is 0 Å². The predicted molar refractivity (Wildman–Crippen MR) is 115 cm³/mol. The first-order valence-electron chi connectivity index (χ1n) is 9.21. The number of pyridine rings is 1. The summed E-state index contributed by atoms with van der Waals surface area (Å²) >= 11 is 0. The third-order valence-corrected chi connectivity index (χ3v) is 4.89. The molecule has 10 heteroatoms. The Bertz CT molecular complexity index is 783. The molecule has 3 N–H and O–H groups in total. The summed E-state index contributed by atoms with van der Waals surface area (Å²) in [5.41, 5.74) is 6.25. The summed E-state index contributed by atoms with van der Waals surface area (Å²) in [5.74, 6) is 0.423. The minimum atomic E-state index is -4.39. The maximum atomic E-state index is 12.6. The van der Waals surface area contributed by atoms with E-state index in [-0.39, 0.29) is 49.2 Å². The third kappa shape index (κ3) is 7.04. The molecule has 1 aromatic heterocycles. The molecule has 5 nitrogen and oxygen atoms in total. The molecule has 166 valence electrons. The zero-order chi connectivity index (χ0) is 20.1. The number of rotatable bonds is 5. The highest BCUT2D eigenvalue weighted by Crippen LogP contribution is 2.29. The van der Waals surface area contributed by atoms with Crippen molar-refractivity contribution in [3.8, 4) is 0 Å². The second-order valence-electron chi connectivity index (χ2n) is 6.95. The van der Waals surface area contributed by atoms with Gasteiger partial charge in [0.25, 0.3) is 0 Å². The number of piperidine rings is 1. The minimum absolute atomic E-state index is 0. The van der Waals surface area contributed by atoms with Crippen molar-refractivity contribution in [1.29, 1.82) is 0 Å². The van der Waals surface area contributed by atoms with E-state index >= 15 is 0 Å². The lowest BCUT2D eigenvalue weighted by molar-refractivity contribution is -0.137. The van der Waals surface area contributed by atoms with Crippen molar-refractivity contribution in [2.24, 2.45) is 5.73 Å². The van der Waals surface area contributed by atoms with E-state index in [9.17, 15) is 18.0 Å². The van der Waals surface area contributed by atoms with Gasteiger partial charge in [-0.15, -0.1) is 24.8 Å². The molecule has 1 aromatic carbocycles. The number of halogens is 5. The number of anilines is 1. The van der Waals surface area contributed by atoms with Crippen LogP contribution in [0.4, 0.5) is 19.0 Å². The van der Waals surface area contributed by atoms with Gasteiger partial charge in [0.2, 0.25) is 5.91 Å². The SMILES string of the molecule is Cl.Cl.NC(CC(=O)NC1CCN(c2ccc(C(F)(F)F)cn2)CC1)c1ccccc1. The van der Waals surface area contributed by atoms with Gasteiger partial charge < -0.3 is 16.0 Å². The fourth-order valence-corrected chi connectivity index (χ4v) is 3.30. The second kappa shape index (κ2) is 11.4. The topological polar surface area (TPSA) is 71.2 Å². The van der Waals surface area contributed by atoms with E-state index in [1.165, 1.54) is 6.07 Å². The molecule has 2 heterocycles. The van der Waals surface area contributed by atoms with Gasteiger partial charge in [-0.25, -0.2) is 4.98 Å². The van der Waals surface area contributed by atoms with Crippen LogP contribution in [0, 0.1) is 0 Å². The van der Waals surface area contributed by atoms with Crippen molar-refractivity contribution in [2.75, 3.05) is 18.0 Å². The highest BCUT2D eigenvalue weighted by Gasteiger charge is 2.31. The van der Waals surface area contributed by atoms with Gasteiger partial charge in [0.1, 0.15) is 5.82 Å². The number of benzene rings is 1. The lowest BCUT2D eigenvalue weighted by Crippen LogP contribution is -2.45. The molecular formula is C20H25Cl2F3N4O. The summed E-state index contributed by atoms with van der Waals surface area (Å²) in [7, 11) is 0. The molecule has 2 aromatic rings. The molecule has 1 aliphatic heterocycles. The molecule has 0 bridgehead atoms. The lowest BCUT2D eigenvalue weighted by atomic mass is 10.0. The summed E-state index contributed by atoms with van der Waals surface area (Å²) < 4.78 is 37.9. The van der Waals surface area contributed by atoms with Crippen LogP contribution >= 0.6 is 24.8 Å². The first-order chi connectivity index (χ1) is 13.3. The molecule has 1 unspecified atom stereocenters. The van der Waals surface area contributed by atoms with Gasteiger partial charge in [-0.2, -0.15) is 13.2 Å². The third-order valence-electron chi connectivity index (χ3n) is 4.89. The Morgan fingerprint density at radius 2 is 1.77 bits per heavy atom. The summed E-state index contributed by atoms with van der Waals surface area (Å²) in [4.78, 5) is 18.1. The number of carbonyl (C=O) groups excluding carboxylic acids is 1. The maximum Gasteiger partial charge on any atom is 0.417 e. The molecule has 0 aliphatic carbocycles. The highest BCUT2D eigenvalue weighted by molar-refractivity contribution is 5.85. The van der Waals surface area contributed by atoms with Crippen molar-refractivity contribution in [1.82, 2.24) is 10.3 Å². The zero-order valence-corrected chi connectivity index (χ0v) is 17.8. The van der Waals surface area contributed by atoms with Crippen molar-refractivity contribution >= 4 is 36.5 Å². The number of nitrogens with two attached hydrogens (primary N) is 1. The van der Waals surface area contributed by atoms with Crippen LogP contribution in [0.25, 0.3) is 0 Å². The smallest absolute Gasteiger partial charge is 0.356 e. The Labute approximate surface area is 186 Å². The molecule has 1 saturated heterocycles. The largest absolute Gasteiger partial charge is 0.417 e. The average Bonchev–Trinajstić information content (AvgIpc) is 2.68. The summed E-state index contributed by atoms with van der Waals surface area (Å²) in [6.45, 7) is 1.24. The summed E-state index contributed by atoms with van der Waals surface area (Å²) in [5, 5.41) is 3.01. The number of amides is 1. The normalized spacial score (nSPS) is 15.5. The van der Waals surface area contributed by atoms with Gasteiger partial charge in [-0.3, -0.25) is 4.79 Å². The van der Waals surface area contributed by atoms with Gasteiger partial charge in [0.05, 0.1) is 5.56 Å². The molecule has 1 amide bonds. The number of hydrogen-bond donors (Lipinski definition) is 2. The Balaban J connectivity index is 0.00000225. The van der Waals surface area contributed by atoms with Gasteiger partial charge in [0.15, 0.2) is 0 Å². The Morgan fingerprint density at radius 3 is 2.30 bits per heavy atom. The van der Waals surface area contributed by atoms with Gasteiger partial charge in [0, 0.05) is 37.8 Å². The zero-order valence-electron chi connectivity index (χ0n) is 16.1. The first-order valence-corrected chi connectivity index (χ1v) is 9.21. The quantitative estimate of drug-likeness (QED) is 0.697. The molecule has 1 fully saturated rings. The monoisotopic (exact) mass is 464 g/mol. The second-order valence-corrected chi connectivity index (χ2v) is 6.95. The van der Waals surface area contributed by atoms with Crippen molar-refractivity contribution in [3.63, 3.8) is 0 Å². The highest BCUT2D eigenvalue weighted by atomic mass is 35.5. The van der Waals surface area contributed by atoms with E-state index < -0.39 is 11.7 Å². The number of nitrogens with zero attached hydrogens (tertiary/aromatic N) is 2. The summed E-state index contributed by atoms with van der Waals surface area (Å²) in [6.07, 6.45) is -1.91. The first kappa shape index (κ1) is 26.0. The fourth-order valence-electron chi connectivity index (χ4n) is 3.30. The number of nitrogens with one attached hydrogen (secondary N) is 1. The van der Waals surface area contributed by atoms with Crippen LogP contribution in [-0.2, 0) is 11.0 Å². The standard InChI is InChI=1S/C20H23F3N4O.2ClH/c21-20(22,23)15-6-7-18(25-13-15)27-10-8-16(9-11-27)26-19(28)12-17(24)14-4-2-1-3-5-14;;/h1-7,13,16-17H,8-12,24H2,(H,26,28);2*1H. The molecule has 0 spiro atoms. The van der Waals surface area contributed by atoms with E-state index in [0.717, 1.165) is 17.8 Å². The van der Waals surface area contributed by atoms with Gasteiger partial charge in [-0.05, 0) is 30.5 Å². The number of carbonyl (C=O) groups is 1. The van der Waals surface area contributed by atoms with E-state index in [1.54, 1.807) is 0 Å². The molecule has 1 aliphatic rings. The Morgan fingerprint density at radius 1 is 1.13 bits per heavy atom. The van der Waals surface area contributed by atoms with Gasteiger partial charge >= 0.3 is 6.18 Å². The van der Waals surface area contributed by atoms with Crippen LogP contribution in [0.15, 0.2) is 48.7 Å². The predicted octanol–water partition coefficient (Wildman–Crippen LogP) is 4.12. The molecule has 3 rings (SSSR count). The van der Waals surface area contributed by atoms with Crippen molar-refractivity contribution < 1.29 is 18.0 Å². The fraction of sp³-hybridized carbons (Fsp3) is 0.400. The number of alkyl halides is 3. The van der Waals surface area contributed by atoms with Crippen LogP contribution in [0.2, 0.25) is 0 Å². The van der Waals surface area contributed by atoms with Crippen LogP contribution in [-0.4, -0.2) is 30.0 Å².